The van der Waals surface area contributed by atoms with Crippen LogP contribution in [0.5, 0.6) is 0 Å². The van der Waals surface area contributed by atoms with Crippen molar-refractivity contribution in [3.63, 3.8) is 0 Å². The first-order chi connectivity index (χ1) is 10.0. The first-order valence-corrected chi connectivity index (χ1v) is 7.60. The highest BCUT2D eigenvalue weighted by molar-refractivity contribution is 5.94. The molecule has 2 rings (SSSR count). The number of aryl methyl sites for hydroxylation is 1. The zero-order chi connectivity index (χ0) is 15.5. The summed E-state index contributed by atoms with van der Waals surface area (Å²) in [5.41, 5.74) is 0.898. The van der Waals surface area contributed by atoms with Crippen LogP contribution < -0.4 is 5.32 Å². The molecule has 5 nitrogen and oxygen atoms in total. The molecule has 0 aromatic carbocycles. The van der Waals surface area contributed by atoms with Crippen LogP contribution in [0.15, 0.2) is 12.3 Å². The highest BCUT2D eigenvalue weighted by Crippen LogP contribution is 2.33. The van der Waals surface area contributed by atoms with Crippen molar-refractivity contribution in [2.45, 2.75) is 58.1 Å². The highest BCUT2D eigenvalue weighted by atomic mass is 16.5. The second kappa shape index (κ2) is 6.43. The average Bonchev–Trinajstić information content (AvgIpc) is 2.47. The molecule has 0 saturated carbocycles. The van der Waals surface area contributed by atoms with Gasteiger partial charge in [-0.15, -0.1) is 0 Å². The fourth-order valence-electron chi connectivity index (χ4n) is 3.02. The summed E-state index contributed by atoms with van der Waals surface area (Å²) in [4.78, 5) is 15.6. The minimum atomic E-state index is -0.938. The quantitative estimate of drug-likeness (QED) is 0.871. The van der Waals surface area contributed by atoms with Crippen LogP contribution in [0.1, 0.15) is 55.5 Å². The van der Waals surface area contributed by atoms with Gasteiger partial charge in [0, 0.05) is 18.8 Å². The lowest BCUT2D eigenvalue weighted by Crippen LogP contribution is -2.44. The second-order valence-corrected chi connectivity index (χ2v) is 5.73. The third kappa shape index (κ3) is 3.35. The number of carboxylic acid groups (broad SMARTS) is 1. The molecule has 0 bridgehead atoms. The fraction of sp³-hybridized carbons (Fsp3) is 0.625. The van der Waals surface area contributed by atoms with E-state index in [9.17, 15) is 9.90 Å². The molecule has 1 aliphatic heterocycles. The Morgan fingerprint density at radius 2 is 2.24 bits per heavy atom. The number of carboxylic acids is 1. The number of nitrogens with zero attached hydrogens (tertiary/aromatic N) is 1. The van der Waals surface area contributed by atoms with E-state index >= 15 is 0 Å². The molecule has 2 N–H and O–H groups in total. The molecule has 1 atom stereocenters. The number of carbonyl (C=O) groups is 1. The van der Waals surface area contributed by atoms with E-state index in [0.29, 0.717) is 12.4 Å². The summed E-state index contributed by atoms with van der Waals surface area (Å²) in [6.45, 7) is 6.77. The van der Waals surface area contributed by atoms with Gasteiger partial charge in [-0.3, -0.25) is 0 Å². The normalized spacial score (nSPS) is 21.0. The van der Waals surface area contributed by atoms with Gasteiger partial charge in [-0.2, -0.15) is 0 Å². The minimum absolute atomic E-state index is 0.0941. The third-order valence-corrected chi connectivity index (χ3v) is 4.50. The Labute approximate surface area is 125 Å². The summed E-state index contributed by atoms with van der Waals surface area (Å²) < 4.78 is 5.96. The van der Waals surface area contributed by atoms with Crippen LogP contribution in [0.2, 0.25) is 0 Å². The van der Waals surface area contributed by atoms with Crippen molar-refractivity contribution in [2.24, 2.45) is 0 Å². The van der Waals surface area contributed by atoms with Crippen LogP contribution in [0, 0.1) is 6.92 Å². The lowest BCUT2D eigenvalue weighted by molar-refractivity contribution is -0.0864. The van der Waals surface area contributed by atoms with Crippen LogP contribution in [0.3, 0.4) is 0 Å². The molecule has 1 fully saturated rings. The topological polar surface area (TPSA) is 71.5 Å². The number of aromatic carboxylic acids is 1. The van der Waals surface area contributed by atoms with Crippen molar-refractivity contribution >= 4 is 11.8 Å². The number of aromatic nitrogens is 1. The van der Waals surface area contributed by atoms with Gasteiger partial charge in [-0.05, 0) is 44.2 Å². The summed E-state index contributed by atoms with van der Waals surface area (Å²) in [6, 6.07) is 1.92. The summed E-state index contributed by atoms with van der Waals surface area (Å²) in [5.74, 6) is -0.470. The largest absolute Gasteiger partial charge is 0.478 e. The van der Waals surface area contributed by atoms with E-state index in [1.54, 1.807) is 19.2 Å². The van der Waals surface area contributed by atoms with Gasteiger partial charge >= 0.3 is 5.97 Å². The smallest absolute Gasteiger partial charge is 0.339 e. The van der Waals surface area contributed by atoms with E-state index in [-0.39, 0.29) is 17.2 Å². The maximum Gasteiger partial charge on any atom is 0.339 e. The molecular weight excluding hydrogens is 268 g/mol. The van der Waals surface area contributed by atoms with Crippen molar-refractivity contribution in [1.82, 2.24) is 4.98 Å². The number of hydrogen-bond donors (Lipinski definition) is 2. The van der Waals surface area contributed by atoms with E-state index in [1.807, 2.05) is 0 Å². The molecule has 116 valence electrons. The van der Waals surface area contributed by atoms with Gasteiger partial charge in [-0.1, -0.05) is 13.8 Å². The van der Waals surface area contributed by atoms with E-state index in [0.717, 1.165) is 31.2 Å². The molecule has 2 heterocycles. The number of pyridine rings is 1. The van der Waals surface area contributed by atoms with Crippen LogP contribution in [-0.4, -0.2) is 34.3 Å². The van der Waals surface area contributed by atoms with Gasteiger partial charge < -0.3 is 15.2 Å². The Kier molecular flexibility index (Phi) is 4.83. The molecule has 1 unspecified atom stereocenters. The zero-order valence-electron chi connectivity index (χ0n) is 13.0. The lowest BCUT2D eigenvalue weighted by Gasteiger charge is -2.40. The fourth-order valence-corrected chi connectivity index (χ4v) is 3.02. The number of hydrogen-bond acceptors (Lipinski definition) is 4. The van der Waals surface area contributed by atoms with Gasteiger partial charge in [0.15, 0.2) is 0 Å². The summed E-state index contributed by atoms with van der Waals surface area (Å²) in [5, 5.41) is 12.7. The predicted octanol–water partition coefficient (Wildman–Crippen LogP) is 3.24. The Morgan fingerprint density at radius 3 is 2.86 bits per heavy atom. The molecule has 1 aliphatic rings. The van der Waals surface area contributed by atoms with E-state index < -0.39 is 5.97 Å². The molecular formula is C16H24N2O3. The molecule has 0 aliphatic carbocycles. The van der Waals surface area contributed by atoms with Crippen molar-refractivity contribution in [3.05, 3.63) is 23.4 Å². The van der Waals surface area contributed by atoms with Crippen molar-refractivity contribution in [1.29, 1.82) is 0 Å². The maximum atomic E-state index is 11.4. The maximum absolute atomic E-state index is 11.4. The second-order valence-electron chi connectivity index (χ2n) is 5.73. The average molecular weight is 292 g/mol. The van der Waals surface area contributed by atoms with Crippen molar-refractivity contribution in [2.75, 3.05) is 11.9 Å². The third-order valence-electron chi connectivity index (χ3n) is 4.50. The standard InChI is InChI=1S/C16H24N2O3/c1-4-16(5-2)10-12(7-9-21-16)18-14-13(15(19)20)11(3)6-8-17-14/h6,8,12H,4-5,7,9-10H2,1-3H3,(H,17,18)(H,19,20). The molecule has 0 radical (unpaired) electrons. The van der Waals surface area contributed by atoms with Crippen molar-refractivity contribution in [3.8, 4) is 0 Å². The number of anilines is 1. The van der Waals surface area contributed by atoms with Crippen LogP contribution in [0.4, 0.5) is 5.82 Å². The Balaban J connectivity index is 2.19. The molecule has 21 heavy (non-hydrogen) atoms. The van der Waals surface area contributed by atoms with Crippen LogP contribution in [0.25, 0.3) is 0 Å². The summed E-state index contributed by atoms with van der Waals surface area (Å²) in [6.07, 6.45) is 5.34. The molecule has 1 saturated heterocycles. The number of ether oxygens (including phenoxy) is 1. The van der Waals surface area contributed by atoms with E-state index in [1.165, 1.54) is 0 Å². The van der Waals surface area contributed by atoms with Gasteiger partial charge in [-0.25, -0.2) is 9.78 Å². The first kappa shape index (κ1) is 15.8. The monoisotopic (exact) mass is 292 g/mol. The van der Waals surface area contributed by atoms with Crippen LogP contribution in [-0.2, 0) is 4.74 Å². The van der Waals surface area contributed by atoms with Crippen LogP contribution >= 0.6 is 0 Å². The first-order valence-electron chi connectivity index (χ1n) is 7.60. The zero-order valence-corrected chi connectivity index (χ0v) is 13.0. The Bertz CT molecular complexity index is 512. The molecule has 0 spiro atoms. The van der Waals surface area contributed by atoms with Gasteiger partial charge in [0.05, 0.1) is 5.60 Å². The molecule has 1 aromatic heterocycles. The molecule has 1 aromatic rings. The van der Waals surface area contributed by atoms with Gasteiger partial charge in [0.25, 0.3) is 0 Å². The Morgan fingerprint density at radius 1 is 1.52 bits per heavy atom. The van der Waals surface area contributed by atoms with Gasteiger partial charge in [0.2, 0.25) is 0 Å². The lowest BCUT2D eigenvalue weighted by atomic mass is 9.86. The highest BCUT2D eigenvalue weighted by Gasteiger charge is 2.35. The summed E-state index contributed by atoms with van der Waals surface area (Å²) >= 11 is 0. The number of nitrogens with one attached hydrogen (secondary N) is 1. The Hall–Kier alpha value is -1.62. The minimum Gasteiger partial charge on any atom is -0.478 e. The molecule has 5 heteroatoms. The summed E-state index contributed by atoms with van der Waals surface area (Å²) in [7, 11) is 0. The number of rotatable bonds is 5. The van der Waals surface area contributed by atoms with E-state index in [2.05, 4.69) is 24.1 Å². The van der Waals surface area contributed by atoms with Crippen molar-refractivity contribution < 1.29 is 14.6 Å². The predicted molar refractivity (Wildman–Crippen MR) is 81.8 cm³/mol. The van der Waals surface area contributed by atoms with E-state index in [4.69, 9.17) is 4.74 Å². The molecule has 0 amide bonds. The van der Waals surface area contributed by atoms with Gasteiger partial charge in [0.1, 0.15) is 11.4 Å². The SMILES string of the molecule is CCC1(CC)CC(Nc2nccc(C)c2C(=O)O)CCO1.